The minimum atomic E-state index is -0.0648. The molecule has 0 unspecified atom stereocenters. The average Bonchev–Trinajstić information content (AvgIpc) is 2.63. The maximum atomic E-state index is 8.64. The number of rotatable bonds is 20. The van der Waals surface area contributed by atoms with Crippen molar-refractivity contribution in [3.63, 3.8) is 0 Å². The molecule has 0 aromatic heterocycles. The first-order valence-electron chi connectivity index (χ1n) is 10.9. The number of hydrogen-bond acceptors (Lipinski definition) is 3. The van der Waals surface area contributed by atoms with E-state index < -0.39 is 0 Å². The second kappa shape index (κ2) is 21.5. The second-order valence-corrected chi connectivity index (χ2v) is 7.11. The second-order valence-electron chi connectivity index (χ2n) is 7.11. The quantitative estimate of drug-likeness (QED) is 0.172. The summed E-state index contributed by atoms with van der Waals surface area (Å²) in [5, 5.41) is 8.64. The summed E-state index contributed by atoms with van der Waals surface area (Å²) in [7, 11) is 0. The van der Waals surface area contributed by atoms with Crippen molar-refractivity contribution >= 4 is 0 Å². The number of nitrogens with zero attached hydrogens (tertiary/aromatic N) is 1. The molecule has 3 heteroatoms. The van der Waals surface area contributed by atoms with E-state index in [0.29, 0.717) is 6.42 Å². The van der Waals surface area contributed by atoms with Gasteiger partial charge in [0.05, 0.1) is 6.07 Å². The fourth-order valence-electron chi connectivity index (χ4n) is 2.92. The standard InChI is InChI=1S/C22H43NO2/c1-3-5-7-9-11-16-20-24-22(18-14-13-15-19-23)25-21-17-12-10-8-6-4-2/h22H,3-18,20-21H2,1-2H3. The third kappa shape index (κ3) is 19.6. The number of ether oxygens (including phenoxy) is 2. The molecule has 0 N–H and O–H groups in total. The highest BCUT2D eigenvalue weighted by Gasteiger charge is 2.09. The lowest BCUT2D eigenvalue weighted by molar-refractivity contribution is -0.148. The van der Waals surface area contributed by atoms with Crippen molar-refractivity contribution in [1.29, 1.82) is 5.26 Å². The summed E-state index contributed by atoms with van der Waals surface area (Å²) in [6.07, 6.45) is 18.9. The highest BCUT2D eigenvalue weighted by atomic mass is 16.7. The number of nitriles is 1. The van der Waals surface area contributed by atoms with E-state index in [1.165, 1.54) is 64.2 Å². The molecule has 0 aliphatic rings. The van der Waals surface area contributed by atoms with E-state index in [0.717, 1.165) is 45.3 Å². The zero-order valence-corrected chi connectivity index (χ0v) is 17.1. The lowest BCUT2D eigenvalue weighted by Gasteiger charge is -2.18. The van der Waals surface area contributed by atoms with E-state index in [4.69, 9.17) is 14.7 Å². The van der Waals surface area contributed by atoms with Crippen LogP contribution in [0.25, 0.3) is 0 Å². The Labute approximate surface area is 157 Å². The Morgan fingerprint density at radius 2 is 1.12 bits per heavy atom. The van der Waals surface area contributed by atoms with E-state index in [2.05, 4.69) is 19.9 Å². The van der Waals surface area contributed by atoms with Gasteiger partial charge in [-0.05, 0) is 32.1 Å². The van der Waals surface area contributed by atoms with Gasteiger partial charge in [0.2, 0.25) is 0 Å². The van der Waals surface area contributed by atoms with E-state index in [-0.39, 0.29) is 6.29 Å². The molecule has 0 heterocycles. The van der Waals surface area contributed by atoms with Gasteiger partial charge in [0.15, 0.2) is 6.29 Å². The average molecular weight is 354 g/mol. The Bertz CT molecular complexity index is 270. The highest BCUT2D eigenvalue weighted by molar-refractivity contribution is 4.68. The first-order valence-corrected chi connectivity index (χ1v) is 10.9. The van der Waals surface area contributed by atoms with Gasteiger partial charge >= 0.3 is 0 Å². The van der Waals surface area contributed by atoms with Crippen LogP contribution in [0, 0.1) is 11.3 Å². The summed E-state index contributed by atoms with van der Waals surface area (Å²) >= 11 is 0. The maximum absolute atomic E-state index is 8.64. The van der Waals surface area contributed by atoms with E-state index in [9.17, 15) is 0 Å². The van der Waals surface area contributed by atoms with Crippen molar-refractivity contribution < 1.29 is 9.47 Å². The Balaban J connectivity index is 3.73. The maximum Gasteiger partial charge on any atom is 0.157 e. The lowest BCUT2D eigenvalue weighted by Crippen LogP contribution is -2.19. The van der Waals surface area contributed by atoms with Crippen molar-refractivity contribution in [3.05, 3.63) is 0 Å². The van der Waals surface area contributed by atoms with Gasteiger partial charge in [-0.15, -0.1) is 0 Å². The van der Waals surface area contributed by atoms with Crippen LogP contribution < -0.4 is 0 Å². The van der Waals surface area contributed by atoms with Crippen LogP contribution in [-0.4, -0.2) is 19.5 Å². The van der Waals surface area contributed by atoms with Crippen molar-refractivity contribution in [3.8, 4) is 6.07 Å². The molecule has 0 saturated heterocycles. The lowest BCUT2D eigenvalue weighted by atomic mass is 10.1. The number of unbranched alkanes of at least 4 members (excludes halogenated alkanes) is 12. The molecule has 0 amide bonds. The van der Waals surface area contributed by atoms with Crippen molar-refractivity contribution in [2.24, 2.45) is 0 Å². The molecular formula is C22H43NO2. The summed E-state index contributed by atoms with van der Waals surface area (Å²) in [6.45, 7) is 6.12. The molecule has 148 valence electrons. The van der Waals surface area contributed by atoms with Gasteiger partial charge in [0.1, 0.15) is 0 Å². The van der Waals surface area contributed by atoms with Gasteiger partial charge in [0.25, 0.3) is 0 Å². The normalized spacial score (nSPS) is 11.1. The van der Waals surface area contributed by atoms with Crippen LogP contribution in [0.1, 0.15) is 117 Å². The Hall–Kier alpha value is -0.590. The molecule has 0 aliphatic heterocycles. The van der Waals surface area contributed by atoms with Gasteiger partial charge in [-0.25, -0.2) is 0 Å². The van der Waals surface area contributed by atoms with Gasteiger partial charge in [-0.1, -0.05) is 78.1 Å². The first kappa shape index (κ1) is 24.4. The van der Waals surface area contributed by atoms with Gasteiger partial charge in [-0.2, -0.15) is 5.26 Å². The topological polar surface area (TPSA) is 42.2 Å². The molecule has 25 heavy (non-hydrogen) atoms. The van der Waals surface area contributed by atoms with Crippen LogP contribution >= 0.6 is 0 Å². The molecule has 0 saturated carbocycles. The molecule has 0 spiro atoms. The summed E-state index contributed by atoms with van der Waals surface area (Å²) in [6, 6.07) is 2.21. The van der Waals surface area contributed by atoms with Crippen molar-refractivity contribution in [2.45, 2.75) is 123 Å². The third-order valence-corrected chi connectivity index (χ3v) is 4.58. The smallest absolute Gasteiger partial charge is 0.157 e. The summed E-state index contributed by atoms with van der Waals surface area (Å²) in [5.74, 6) is 0. The van der Waals surface area contributed by atoms with E-state index >= 15 is 0 Å². The molecule has 0 rings (SSSR count). The molecule has 0 aromatic carbocycles. The minimum absolute atomic E-state index is 0.0648. The minimum Gasteiger partial charge on any atom is -0.353 e. The molecule has 0 aromatic rings. The van der Waals surface area contributed by atoms with Gasteiger partial charge < -0.3 is 9.47 Å². The number of hydrogen-bond donors (Lipinski definition) is 0. The SMILES string of the molecule is CCCCCCCCOC(CCCCC#N)OCCCCCCCC. The van der Waals surface area contributed by atoms with E-state index in [1.54, 1.807) is 0 Å². The Morgan fingerprint density at radius 3 is 1.60 bits per heavy atom. The molecular weight excluding hydrogens is 310 g/mol. The molecule has 3 nitrogen and oxygen atoms in total. The first-order chi connectivity index (χ1) is 12.3. The summed E-state index contributed by atoms with van der Waals surface area (Å²) < 4.78 is 11.9. The molecule has 0 radical (unpaired) electrons. The predicted octanol–water partition coefficient (Wildman–Crippen LogP) is 7.15. The van der Waals surface area contributed by atoms with Gasteiger partial charge in [0, 0.05) is 19.6 Å². The fourth-order valence-corrected chi connectivity index (χ4v) is 2.92. The van der Waals surface area contributed by atoms with Crippen LogP contribution in [0.3, 0.4) is 0 Å². The van der Waals surface area contributed by atoms with Crippen LogP contribution in [0.15, 0.2) is 0 Å². The molecule has 0 bridgehead atoms. The summed E-state index contributed by atoms with van der Waals surface area (Å²) in [4.78, 5) is 0. The molecule has 0 fully saturated rings. The van der Waals surface area contributed by atoms with Crippen LogP contribution in [0.4, 0.5) is 0 Å². The van der Waals surface area contributed by atoms with Gasteiger partial charge in [-0.3, -0.25) is 0 Å². The van der Waals surface area contributed by atoms with E-state index in [1.807, 2.05) is 0 Å². The summed E-state index contributed by atoms with van der Waals surface area (Å²) in [5.41, 5.74) is 0. The zero-order chi connectivity index (χ0) is 18.4. The van der Waals surface area contributed by atoms with Crippen molar-refractivity contribution in [2.75, 3.05) is 13.2 Å². The van der Waals surface area contributed by atoms with Crippen molar-refractivity contribution in [1.82, 2.24) is 0 Å². The Morgan fingerprint density at radius 1 is 0.640 bits per heavy atom. The molecule has 0 aliphatic carbocycles. The third-order valence-electron chi connectivity index (χ3n) is 4.58. The largest absolute Gasteiger partial charge is 0.353 e. The zero-order valence-electron chi connectivity index (χ0n) is 17.1. The fraction of sp³-hybridized carbons (Fsp3) is 0.955. The molecule has 0 atom stereocenters. The Kier molecular flexibility index (Phi) is 20.9. The van der Waals surface area contributed by atoms with Crippen LogP contribution in [0.2, 0.25) is 0 Å². The van der Waals surface area contributed by atoms with Crippen LogP contribution in [0.5, 0.6) is 0 Å². The highest BCUT2D eigenvalue weighted by Crippen LogP contribution is 2.12. The predicted molar refractivity (Wildman–Crippen MR) is 107 cm³/mol. The monoisotopic (exact) mass is 353 g/mol. The van der Waals surface area contributed by atoms with Crippen LogP contribution in [-0.2, 0) is 9.47 Å².